The van der Waals surface area contributed by atoms with Crippen molar-refractivity contribution in [1.82, 2.24) is 9.88 Å². The third-order valence-corrected chi connectivity index (χ3v) is 6.82. The number of guanidine groups is 1. The van der Waals surface area contributed by atoms with E-state index in [1.165, 1.54) is 35.4 Å². The summed E-state index contributed by atoms with van der Waals surface area (Å²) in [6.07, 6.45) is 4.02. The fraction of sp³-hybridized carbons (Fsp3) is 0.259. The number of halogens is 1. The molecule has 0 radical (unpaired) electrons. The largest absolute Gasteiger partial charge is 0.369 e. The van der Waals surface area contributed by atoms with Gasteiger partial charge in [0, 0.05) is 18.8 Å². The van der Waals surface area contributed by atoms with Crippen molar-refractivity contribution in [2.24, 2.45) is 10.7 Å². The number of likely N-dealkylation sites (N-methyl/N-ethyl adjacent to an activating group) is 1. The topological polar surface area (TPSA) is 95.4 Å². The van der Waals surface area contributed by atoms with E-state index < -0.39 is 17.3 Å². The van der Waals surface area contributed by atoms with Crippen LogP contribution in [0, 0.1) is 17.1 Å². The van der Waals surface area contributed by atoms with E-state index in [9.17, 15) is 14.4 Å². The Labute approximate surface area is 197 Å². The summed E-state index contributed by atoms with van der Waals surface area (Å²) < 4.78 is 14.1. The molecule has 2 atom stereocenters. The van der Waals surface area contributed by atoms with Crippen LogP contribution in [0.4, 0.5) is 4.39 Å². The van der Waals surface area contributed by atoms with Crippen LogP contribution < -0.4 is 5.73 Å². The number of rotatable bonds is 4. The monoisotopic (exact) mass is 453 g/mol. The van der Waals surface area contributed by atoms with Crippen molar-refractivity contribution < 1.29 is 9.18 Å². The lowest BCUT2D eigenvalue weighted by molar-refractivity contribution is -0.130. The van der Waals surface area contributed by atoms with Crippen LogP contribution in [0.5, 0.6) is 0 Å². The van der Waals surface area contributed by atoms with Gasteiger partial charge < -0.3 is 5.73 Å². The fourth-order valence-electron chi connectivity index (χ4n) is 4.71. The molecule has 1 aliphatic heterocycles. The fourth-order valence-corrected chi connectivity index (χ4v) is 4.71. The van der Waals surface area contributed by atoms with E-state index >= 15 is 0 Å². The summed E-state index contributed by atoms with van der Waals surface area (Å²) in [7, 11) is 1.63. The number of amides is 1. The number of nitriles is 1. The Morgan fingerprint density at radius 1 is 1.12 bits per heavy atom. The predicted molar refractivity (Wildman–Crippen MR) is 127 cm³/mol. The molecule has 0 bridgehead atoms. The SMILES string of the molecule is CN1C(=O)[C@@H](c2ccc(C3CC3)cc2)[C@@](C)(c2ccnc(-c3cc(F)cc(C#N)c3)c2)N=C1N. The van der Waals surface area contributed by atoms with Crippen LogP contribution in [0.15, 0.2) is 65.8 Å². The van der Waals surface area contributed by atoms with E-state index in [-0.39, 0.29) is 17.4 Å². The number of carbonyl (C=O) groups excluding carboxylic acids is 1. The number of nitrogens with two attached hydrogens (primary N) is 1. The average Bonchev–Trinajstić information content (AvgIpc) is 3.68. The van der Waals surface area contributed by atoms with Gasteiger partial charge in [-0.2, -0.15) is 5.26 Å². The van der Waals surface area contributed by atoms with Crippen LogP contribution in [0.3, 0.4) is 0 Å². The minimum absolute atomic E-state index is 0.134. The molecule has 170 valence electrons. The molecule has 5 rings (SSSR count). The molecule has 1 amide bonds. The molecule has 1 fully saturated rings. The maximum absolute atomic E-state index is 14.1. The van der Waals surface area contributed by atoms with Crippen molar-refractivity contribution in [2.45, 2.75) is 37.1 Å². The number of aliphatic imine (C=N–C) groups is 1. The van der Waals surface area contributed by atoms with Gasteiger partial charge in [-0.3, -0.25) is 14.7 Å². The second-order valence-electron chi connectivity index (χ2n) is 9.16. The number of hydrogen-bond acceptors (Lipinski definition) is 5. The van der Waals surface area contributed by atoms with Gasteiger partial charge in [0.2, 0.25) is 5.91 Å². The molecule has 1 aliphatic carbocycles. The van der Waals surface area contributed by atoms with Gasteiger partial charge in [-0.1, -0.05) is 24.3 Å². The highest BCUT2D eigenvalue weighted by molar-refractivity contribution is 6.02. The molecule has 0 unspecified atom stereocenters. The molecule has 2 aliphatic rings. The lowest BCUT2D eigenvalue weighted by atomic mass is 9.74. The van der Waals surface area contributed by atoms with E-state index in [4.69, 9.17) is 10.7 Å². The second kappa shape index (κ2) is 8.07. The highest BCUT2D eigenvalue weighted by atomic mass is 19.1. The molecule has 2 heterocycles. The van der Waals surface area contributed by atoms with Crippen molar-refractivity contribution in [3.63, 3.8) is 0 Å². The van der Waals surface area contributed by atoms with E-state index in [0.29, 0.717) is 17.2 Å². The minimum atomic E-state index is -1.00. The van der Waals surface area contributed by atoms with Crippen molar-refractivity contribution in [3.8, 4) is 17.3 Å². The van der Waals surface area contributed by atoms with Crippen molar-refractivity contribution in [2.75, 3.05) is 7.05 Å². The summed E-state index contributed by atoms with van der Waals surface area (Å²) in [6, 6.07) is 17.9. The molecule has 7 heteroatoms. The Morgan fingerprint density at radius 2 is 1.82 bits per heavy atom. The van der Waals surface area contributed by atoms with E-state index in [2.05, 4.69) is 17.1 Å². The molecule has 0 spiro atoms. The number of nitrogens with zero attached hydrogens (tertiary/aromatic N) is 4. The summed E-state index contributed by atoms with van der Waals surface area (Å²) in [5.41, 5.74) is 9.19. The van der Waals surface area contributed by atoms with Crippen LogP contribution >= 0.6 is 0 Å². The first-order chi connectivity index (χ1) is 16.3. The first kappa shape index (κ1) is 21.8. The maximum atomic E-state index is 14.1. The van der Waals surface area contributed by atoms with E-state index in [0.717, 1.165) is 11.1 Å². The minimum Gasteiger partial charge on any atom is -0.369 e. The van der Waals surface area contributed by atoms with Gasteiger partial charge in [0.15, 0.2) is 5.96 Å². The maximum Gasteiger partial charge on any atom is 0.239 e. The Bertz CT molecular complexity index is 1360. The molecular formula is C27H24FN5O. The molecule has 1 saturated carbocycles. The number of benzene rings is 2. The van der Waals surface area contributed by atoms with E-state index in [1.807, 2.05) is 25.1 Å². The number of hydrogen-bond donors (Lipinski definition) is 1. The zero-order valence-electron chi connectivity index (χ0n) is 19.0. The third-order valence-electron chi connectivity index (χ3n) is 6.82. The highest BCUT2D eigenvalue weighted by Crippen LogP contribution is 2.46. The number of aromatic nitrogens is 1. The Hall–Kier alpha value is -4.05. The molecule has 0 saturated heterocycles. The molecule has 1 aromatic heterocycles. The van der Waals surface area contributed by atoms with Gasteiger partial charge in [0.25, 0.3) is 0 Å². The first-order valence-corrected chi connectivity index (χ1v) is 11.2. The van der Waals surface area contributed by atoms with Gasteiger partial charge >= 0.3 is 0 Å². The number of carbonyl (C=O) groups is 1. The Balaban J connectivity index is 1.62. The third kappa shape index (κ3) is 3.71. The molecule has 6 nitrogen and oxygen atoms in total. The van der Waals surface area contributed by atoms with Gasteiger partial charge in [-0.05, 0) is 72.7 Å². The first-order valence-electron chi connectivity index (χ1n) is 11.2. The predicted octanol–water partition coefficient (Wildman–Crippen LogP) is 4.42. The molecular weight excluding hydrogens is 429 g/mol. The van der Waals surface area contributed by atoms with Crippen LogP contribution in [0.2, 0.25) is 0 Å². The molecule has 3 aromatic rings. The molecule has 2 aromatic carbocycles. The zero-order valence-corrected chi connectivity index (χ0v) is 19.0. The summed E-state index contributed by atoms with van der Waals surface area (Å²) in [5.74, 6) is -0.515. The normalized spacial score (nSPS) is 22.3. The average molecular weight is 454 g/mol. The van der Waals surface area contributed by atoms with Crippen LogP contribution in [-0.2, 0) is 10.3 Å². The second-order valence-corrected chi connectivity index (χ2v) is 9.16. The Morgan fingerprint density at radius 3 is 2.50 bits per heavy atom. The summed E-state index contributed by atoms with van der Waals surface area (Å²) in [4.78, 5) is 24.1. The lowest BCUT2D eigenvalue weighted by Crippen LogP contribution is -2.52. The quantitative estimate of drug-likeness (QED) is 0.632. The Kier molecular flexibility index (Phi) is 5.17. The van der Waals surface area contributed by atoms with Crippen molar-refractivity contribution >= 4 is 11.9 Å². The summed E-state index contributed by atoms with van der Waals surface area (Å²) >= 11 is 0. The highest BCUT2D eigenvalue weighted by Gasteiger charge is 2.47. The van der Waals surface area contributed by atoms with Gasteiger partial charge in [0.1, 0.15) is 11.4 Å². The summed E-state index contributed by atoms with van der Waals surface area (Å²) in [5, 5.41) is 9.22. The standard InChI is InChI=1S/C27H24FN5O/c1-27(21-9-10-31-23(14-21)20-11-16(15-29)12-22(28)13-20)24(25(34)33(2)26(30)32-27)19-7-5-18(6-8-19)17-3-4-17/h5-14,17,24H,3-4H2,1-2H3,(H2,30,32)/t24-,27-/m1/s1. The van der Waals surface area contributed by atoms with Crippen LogP contribution in [0.25, 0.3) is 11.3 Å². The van der Waals surface area contributed by atoms with Crippen molar-refractivity contribution in [3.05, 3.63) is 88.9 Å². The van der Waals surface area contributed by atoms with Gasteiger partial charge in [-0.25, -0.2) is 9.38 Å². The van der Waals surface area contributed by atoms with Gasteiger partial charge in [0.05, 0.1) is 23.2 Å². The number of pyridine rings is 1. The van der Waals surface area contributed by atoms with Crippen LogP contribution in [-0.4, -0.2) is 28.8 Å². The smallest absolute Gasteiger partial charge is 0.239 e. The van der Waals surface area contributed by atoms with Crippen LogP contribution in [0.1, 0.15) is 53.9 Å². The zero-order chi connectivity index (χ0) is 24.0. The van der Waals surface area contributed by atoms with E-state index in [1.54, 1.807) is 31.4 Å². The molecule has 34 heavy (non-hydrogen) atoms. The summed E-state index contributed by atoms with van der Waals surface area (Å²) in [6.45, 7) is 1.88. The lowest BCUT2D eigenvalue weighted by Gasteiger charge is -2.41. The molecule has 2 N–H and O–H groups in total. The van der Waals surface area contributed by atoms with Crippen molar-refractivity contribution in [1.29, 1.82) is 5.26 Å². The van der Waals surface area contributed by atoms with Gasteiger partial charge in [-0.15, -0.1) is 0 Å².